The zero-order chi connectivity index (χ0) is 26.9. The molecule has 0 radical (unpaired) electrons. The molecule has 38 heavy (non-hydrogen) atoms. The first-order chi connectivity index (χ1) is 18.2. The summed E-state index contributed by atoms with van der Waals surface area (Å²) in [5.41, 5.74) is 2.36. The number of fused-ring (bicyclic) bond motifs is 1. The maximum Gasteiger partial charge on any atom is 0.416 e. The molecule has 0 unspecified atom stereocenters. The number of benzene rings is 3. The average Bonchev–Trinajstić information content (AvgIpc) is 3.33. The van der Waals surface area contributed by atoms with E-state index >= 15 is 0 Å². The van der Waals surface area contributed by atoms with Gasteiger partial charge in [-0.05, 0) is 54.1 Å². The fraction of sp³-hybridized carbons (Fsp3) is 0.0714. The van der Waals surface area contributed by atoms with Crippen LogP contribution in [0.4, 0.5) is 24.5 Å². The van der Waals surface area contributed by atoms with Gasteiger partial charge in [0.2, 0.25) is 5.91 Å². The molecular formula is C28H19F3N4O2S. The first-order valence-electron chi connectivity index (χ1n) is 11.4. The predicted molar refractivity (Wildman–Crippen MR) is 142 cm³/mol. The number of carbonyl (C=O) groups is 2. The van der Waals surface area contributed by atoms with Crippen molar-refractivity contribution in [1.82, 2.24) is 9.97 Å². The molecule has 0 aliphatic rings. The number of carbonyl (C=O) groups excluding carboxylic acids is 2. The van der Waals surface area contributed by atoms with E-state index in [1.807, 2.05) is 36.4 Å². The maximum atomic E-state index is 13.0. The average molecular weight is 533 g/mol. The molecule has 2 aromatic heterocycles. The highest BCUT2D eigenvalue weighted by Crippen LogP contribution is 2.37. The summed E-state index contributed by atoms with van der Waals surface area (Å²) in [4.78, 5) is 34.7. The zero-order valence-electron chi connectivity index (χ0n) is 19.8. The molecule has 5 rings (SSSR count). The van der Waals surface area contributed by atoms with Gasteiger partial charge >= 0.3 is 6.18 Å². The lowest BCUT2D eigenvalue weighted by molar-refractivity contribution is -0.137. The fourth-order valence-electron chi connectivity index (χ4n) is 3.97. The Bertz CT molecular complexity index is 1680. The number of hydrogen-bond acceptors (Lipinski definition) is 5. The molecule has 3 aromatic carbocycles. The van der Waals surface area contributed by atoms with Crippen molar-refractivity contribution in [3.05, 3.63) is 96.3 Å². The van der Waals surface area contributed by atoms with Crippen LogP contribution in [0, 0.1) is 0 Å². The molecule has 0 fully saturated rings. The molecule has 5 aromatic rings. The van der Waals surface area contributed by atoms with E-state index in [0.29, 0.717) is 22.6 Å². The minimum atomic E-state index is -4.54. The van der Waals surface area contributed by atoms with E-state index in [0.717, 1.165) is 32.8 Å². The molecule has 190 valence electrons. The van der Waals surface area contributed by atoms with Gasteiger partial charge in [-0.2, -0.15) is 13.2 Å². The Morgan fingerprint density at radius 2 is 1.50 bits per heavy atom. The van der Waals surface area contributed by atoms with Crippen molar-refractivity contribution in [2.75, 3.05) is 10.6 Å². The zero-order valence-corrected chi connectivity index (χ0v) is 20.7. The third-order valence-electron chi connectivity index (χ3n) is 5.64. The van der Waals surface area contributed by atoms with Gasteiger partial charge in [0.1, 0.15) is 11.2 Å². The number of aromatic nitrogens is 2. The number of halogens is 3. The molecule has 10 heteroatoms. The summed E-state index contributed by atoms with van der Waals surface area (Å²) in [6.07, 6.45) is -3.08. The summed E-state index contributed by atoms with van der Waals surface area (Å²) in [6, 6.07) is 20.6. The fourth-order valence-corrected chi connectivity index (χ4v) is 4.96. The Morgan fingerprint density at radius 3 is 2.24 bits per heavy atom. The minimum Gasteiger partial charge on any atom is -0.326 e. The molecule has 0 atom stereocenters. The van der Waals surface area contributed by atoms with Crippen molar-refractivity contribution in [3.8, 4) is 21.7 Å². The first-order valence-corrected chi connectivity index (χ1v) is 12.2. The van der Waals surface area contributed by atoms with Gasteiger partial charge < -0.3 is 10.6 Å². The highest BCUT2D eigenvalue weighted by molar-refractivity contribution is 7.21. The topological polar surface area (TPSA) is 84.0 Å². The van der Waals surface area contributed by atoms with Crippen molar-refractivity contribution in [2.45, 2.75) is 13.1 Å². The van der Waals surface area contributed by atoms with E-state index < -0.39 is 17.6 Å². The number of alkyl halides is 3. The number of rotatable bonds is 5. The largest absolute Gasteiger partial charge is 0.416 e. The summed E-state index contributed by atoms with van der Waals surface area (Å²) in [7, 11) is 0. The lowest BCUT2D eigenvalue weighted by Crippen LogP contribution is -2.14. The SMILES string of the molecule is CC(=O)Nc1cccc(-c2cc3c(-c4cccc(NC(=O)c5cccc(C(F)(F)F)c5)c4)ncnc3s2)c1. The van der Waals surface area contributed by atoms with Gasteiger partial charge in [0.25, 0.3) is 5.91 Å². The predicted octanol–water partition coefficient (Wildman–Crippen LogP) is 7.25. The van der Waals surface area contributed by atoms with Gasteiger partial charge in [0, 0.05) is 39.7 Å². The van der Waals surface area contributed by atoms with Crippen LogP contribution in [0.3, 0.4) is 0 Å². The van der Waals surface area contributed by atoms with Crippen molar-refractivity contribution in [3.63, 3.8) is 0 Å². The van der Waals surface area contributed by atoms with Gasteiger partial charge in [0.15, 0.2) is 0 Å². The molecule has 2 heterocycles. The lowest BCUT2D eigenvalue weighted by Gasteiger charge is -2.10. The van der Waals surface area contributed by atoms with E-state index in [1.54, 1.807) is 18.2 Å². The van der Waals surface area contributed by atoms with Gasteiger partial charge in [-0.1, -0.05) is 30.3 Å². The van der Waals surface area contributed by atoms with Gasteiger partial charge in [0.05, 0.1) is 11.3 Å². The number of nitrogens with zero attached hydrogens (tertiary/aromatic N) is 2. The Morgan fingerprint density at radius 1 is 0.816 bits per heavy atom. The minimum absolute atomic E-state index is 0.0985. The number of anilines is 2. The molecule has 2 amide bonds. The van der Waals surface area contributed by atoms with Crippen molar-refractivity contribution < 1.29 is 22.8 Å². The molecule has 0 bridgehead atoms. The molecular weight excluding hydrogens is 513 g/mol. The van der Waals surface area contributed by atoms with Gasteiger partial charge in [-0.15, -0.1) is 11.3 Å². The van der Waals surface area contributed by atoms with Crippen LogP contribution in [-0.4, -0.2) is 21.8 Å². The van der Waals surface area contributed by atoms with Crippen LogP contribution in [0.5, 0.6) is 0 Å². The van der Waals surface area contributed by atoms with E-state index in [-0.39, 0.29) is 11.5 Å². The van der Waals surface area contributed by atoms with E-state index in [9.17, 15) is 22.8 Å². The second-order valence-corrected chi connectivity index (χ2v) is 9.46. The Kier molecular flexibility index (Phi) is 6.64. The van der Waals surface area contributed by atoms with Crippen molar-refractivity contribution >= 4 is 44.7 Å². The molecule has 0 aliphatic carbocycles. The maximum absolute atomic E-state index is 13.0. The number of amides is 2. The second-order valence-electron chi connectivity index (χ2n) is 8.43. The smallest absolute Gasteiger partial charge is 0.326 e. The summed E-state index contributed by atoms with van der Waals surface area (Å²) in [5, 5.41) is 6.25. The Labute approximate surface area is 219 Å². The number of hydrogen-bond donors (Lipinski definition) is 2. The van der Waals surface area contributed by atoms with Crippen LogP contribution in [0.15, 0.2) is 85.2 Å². The number of thiophene rings is 1. The third-order valence-corrected chi connectivity index (χ3v) is 6.73. The lowest BCUT2D eigenvalue weighted by atomic mass is 10.1. The van der Waals surface area contributed by atoms with E-state index in [2.05, 4.69) is 20.6 Å². The standard InChI is InChI=1S/C28H19F3N4O2S/c1-16(36)34-21-9-3-5-17(12-21)24-14-23-25(32-15-33-27(23)38-24)18-6-4-10-22(13-18)35-26(37)19-7-2-8-20(11-19)28(29,30)31/h2-15H,1H3,(H,34,36)(H,35,37). The molecule has 0 spiro atoms. The van der Waals surface area contributed by atoms with Crippen LogP contribution in [0.1, 0.15) is 22.8 Å². The van der Waals surface area contributed by atoms with Crippen molar-refractivity contribution in [2.24, 2.45) is 0 Å². The molecule has 0 saturated heterocycles. The quantitative estimate of drug-likeness (QED) is 0.250. The van der Waals surface area contributed by atoms with E-state index in [4.69, 9.17) is 0 Å². The van der Waals surface area contributed by atoms with Crippen LogP contribution in [0.2, 0.25) is 0 Å². The highest BCUT2D eigenvalue weighted by atomic mass is 32.1. The molecule has 2 N–H and O–H groups in total. The van der Waals surface area contributed by atoms with Gasteiger partial charge in [-0.3, -0.25) is 9.59 Å². The number of nitrogens with one attached hydrogen (secondary N) is 2. The normalized spacial score (nSPS) is 11.4. The van der Waals surface area contributed by atoms with Crippen LogP contribution >= 0.6 is 11.3 Å². The van der Waals surface area contributed by atoms with Crippen molar-refractivity contribution in [1.29, 1.82) is 0 Å². The Balaban J connectivity index is 1.45. The first kappa shape index (κ1) is 25.1. The summed E-state index contributed by atoms with van der Waals surface area (Å²) >= 11 is 1.48. The summed E-state index contributed by atoms with van der Waals surface area (Å²) in [6.45, 7) is 1.45. The molecule has 6 nitrogen and oxygen atoms in total. The second kappa shape index (κ2) is 10.1. The van der Waals surface area contributed by atoms with Gasteiger partial charge in [-0.25, -0.2) is 9.97 Å². The monoisotopic (exact) mass is 532 g/mol. The molecule has 0 aliphatic heterocycles. The highest BCUT2D eigenvalue weighted by Gasteiger charge is 2.30. The summed E-state index contributed by atoms with van der Waals surface area (Å²) in [5.74, 6) is -0.815. The van der Waals surface area contributed by atoms with Crippen LogP contribution in [0.25, 0.3) is 31.9 Å². The van der Waals surface area contributed by atoms with Crippen LogP contribution < -0.4 is 10.6 Å². The van der Waals surface area contributed by atoms with Crippen LogP contribution in [-0.2, 0) is 11.0 Å². The molecule has 0 saturated carbocycles. The third kappa shape index (κ3) is 5.40. The summed E-state index contributed by atoms with van der Waals surface area (Å²) < 4.78 is 39.1. The Hall–Kier alpha value is -4.57. The van der Waals surface area contributed by atoms with E-state index in [1.165, 1.54) is 36.7 Å².